The first kappa shape index (κ1) is 13.3. The number of halogens is 1. The van der Waals surface area contributed by atoms with Gasteiger partial charge in [-0.3, -0.25) is 0 Å². The van der Waals surface area contributed by atoms with Crippen LogP contribution in [-0.4, -0.2) is 36.9 Å². The van der Waals surface area contributed by atoms with E-state index in [1.165, 1.54) is 0 Å². The van der Waals surface area contributed by atoms with Crippen molar-refractivity contribution in [3.63, 3.8) is 0 Å². The molecule has 0 amide bonds. The minimum atomic E-state index is -2.99. The molecule has 0 atom stereocenters. The van der Waals surface area contributed by atoms with Crippen LogP contribution in [0.25, 0.3) is 0 Å². The lowest BCUT2D eigenvalue weighted by molar-refractivity contribution is 0.353. The SMILES string of the molecule is CC(C)(C)S(=O)(=O)CCNC1CC(Cl)C1. The van der Waals surface area contributed by atoms with Crippen molar-refractivity contribution in [3.05, 3.63) is 0 Å². The third kappa shape index (κ3) is 3.61. The summed E-state index contributed by atoms with van der Waals surface area (Å²) in [6.45, 7) is 5.75. The van der Waals surface area contributed by atoms with Crippen molar-refractivity contribution < 1.29 is 8.42 Å². The van der Waals surface area contributed by atoms with Gasteiger partial charge in [0.25, 0.3) is 0 Å². The monoisotopic (exact) mass is 253 g/mol. The normalized spacial score (nSPS) is 27.5. The molecule has 90 valence electrons. The van der Waals surface area contributed by atoms with E-state index in [9.17, 15) is 8.42 Å². The number of rotatable bonds is 4. The van der Waals surface area contributed by atoms with Crippen LogP contribution in [0.4, 0.5) is 0 Å². The van der Waals surface area contributed by atoms with Crippen LogP contribution in [0, 0.1) is 0 Å². The van der Waals surface area contributed by atoms with Gasteiger partial charge in [-0.1, -0.05) is 0 Å². The van der Waals surface area contributed by atoms with Crippen molar-refractivity contribution in [2.45, 2.75) is 49.8 Å². The maximum Gasteiger partial charge on any atom is 0.156 e. The summed E-state index contributed by atoms with van der Waals surface area (Å²) >= 11 is 5.83. The molecule has 0 saturated heterocycles. The summed E-state index contributed by atoms with van der Waals surface area (Å²) in [5.41, 5.74) is 0. The highest BCUT2D eigenvalue weighted by Crippen LogP contribution is 2.25. The number of nitrogens with one attached hydrogen (secondary N) is 1. The van der Waals surface area contributed by atoms with E-state index in [1.54, 1.807) is 20.8 Å². The molecule has 3 nitrogen and oxygen atoms in total. The van der Waals surface area contributed by atoms with E-state index in [2.05, 4.69) is 5.32 Å². The molecule has 15 heavy (non-hydrogen) atoms. The molecule has 0 spiro atoms. The Kier molecular flexibility index (Phi) is 4.07. The molecular weight excluding hydrogens is 234 g/mol. The van der Waals surface area contributed by atoms with Crippen molar-refractivity contribution >= 4 is 21.4 Å². The van der Waals surface area contributed by atoms with Gasteiger partial charge in [-0.2, -0.15) is 0 Å². The molecule has 0 unspecified atom stereocenters. The van der Waals surface area contributed by atoms with Crippen LogP contribution in [0.1, 0.15) is 33.6 Å². The zero-order chi connectivity index (χ0) is 11.7. The second kappa shape index (κ2) is 4.60. The van der Waals surface area contributed by atoms with Crippen molar-refractivity contribution in [2.75, 3.05) is 12.3 Å². The number of hydrogen-bond donors (Lipinski definition) is 1. The molecule has 1 N–H and O–H groups in total. The zero-order valence-electron chi connectivity index (χ0n) is 9.59. The fraction of sp³-hybridized carbons (Fsp3) is 1.00. The van der Waals surface area contributed by atoms with Gasteiger partial charge in [-0.25, -0.2) is 8.42 Å². The van der Waals surface area contributed by atoms with Crippen LogP contribution in [0.15, 0.2) is 0 Å². The third-order valence-electron chi connectivity index (χ3n) is 2.82. The maximum absolute atomic E-state index is 11.7. The van der Waals surface area contributed by atoms with E-state index in [-0.39, 0.29) is 11.1 Å². The first-order chi connectivity index (χ1) is 6.72. The lowest BCUT2D eigenvalue weighted by Crippen LogP contribution is -2.44. The highest BCUT2D eigenvalue weighted by Gasteiger charge is 2.30. The van der Waals surface area contributed by atoms with E-state index < -0.39 is 14.6 Å². The summed E-state index contributed by atoms with van der Waals surface area (Å²) in [6.07, 6.45) is 1.91. The van der Waals surface area contributed by atoms with E-state index >= 15 is 0 Å². The minimum absolute atomic E-state index is 0.208. The summed E-state index contributed by atoms with van der Waals surface area (Å²) < 4.78 is 22.8. The van der Waals surface area contributed by atoms with E-state index in [4.69, 9.17) is 11.6 Å². The second-order valence-electron chi connectivity index (χ2n) is 5.15. The van der Waals surface area contributed by atoms with Crippen LogP contribution in [0.5, 0.6) is 0 Å². The first-order valence-electron chi connectivity index (χ1n) is 5.32. The average molecular weight is 254 g/mol. The highest BCUT2D eigenvalue weighted by atomic mass is 35.5. The van der Waals surface area contributed by atoms with Gasteiger partial charge in [0.05, 0.1) is 10.5 Å². The quantitative estimate of drug-likeness (QED) is 0.774. The van der Waals surface area contributed by atoms with Crippen molar-refractivity contribution in [2.24, 2.45) is 0 Å². The lowest BCUT2D eigenvalue weighted by Gasteiger charge is -2.32. The topological polar surface area (TPSA) is 46.2 Å². The molecule has 0 bridgehead atoms. The van der Waals surface area contributed by atoms with Crippen LogP contribution in [0.3, 0.4) is 0 Å². The standard InChI is InChI=1S/C10H20ClNO2S/c1-10(2,3)15(13,14)5-4-12-9-6-8(11)7-9/h8-9,12H,4-7H2,1-3H3. The minimum Gasteiger partial charge on any atom is -0.313 e. The smallest absolute Gasteiger partial charge is 0.156 e. The summed E-state index contributed by atoms with van der Waals surface area (Å²) in [4.78, 5) is 0. The molecule has 1 rings (SSSR count). The van der Waals surface area contributed by atoms with Crippen molar-refractivity contribution in [1.82, 2.24) is 5.32 Å². The molecule has 1 aliphatic carbocycles. The summed E-state index contributed by atoms with van der Waals surface area (Å²) in [7, 11) is -2.99. The fourth-order valence-corrected chi connectivity index (χ4v) is 2.85. The Hall–Kier alpha value is 0.200. The predicted molar refractivity (Wildman–Crippen MR) is 64.2 cm³/mol. The predicted octanol–water partition coefficient (Wildman–Crippen LogP) is 1.56. The second-order valence-corrected chi connectivity index (χ2v) is 8.63. The van der Waals surface area contributed by atoms with Crippen molar-refractivity contribution in [1.29, 1.82) is 0 Å². The Labute approximate surface area is 97.5 Å². The van der Waals surface area contributed by atoms with Crippen molar-refractivity contribution in [3.8, 4) is 0 Å². The van der Waals surface area contributed by atoms with E-state index in [0.29, 0.717) is 12.6 Å². The Bertz CT molecular complexity index is 302. The fourth-order valence-electron chi connectivity index (χ4n) is 1.42. The summed E-state index contributed by atoms with van der Waals surface area (Å²) in [5.74, 6) is 0.208. The molecule has 0 aromatic rings. The molecule has 1 fully saturated rings. The van der Waals surface area contributed by atoms with Crippen LogP contribution >= 0.6 is 11.6 Å². The first-order valence-corrected chi connectivity index (χ1v) is 7.41. The molecule has 1 saturated carbocycles. The van der Waals surface area contributed by atoms with E-state index in [1.807, 2.05) is 0 Å². The number of sulfone groups is 1. The Balaban J connectivity index is 2.26. The molecular formula is C10H20ClNO2S. The van der Waals surface area contributed by atoms with Crippen LogP contribution in [0.2, 0.25) is 0 Å². The summed E-state index contributed by atoms with van der Waals surface area (Å²) in [5, 5.41) is 3.49. The molecule has 0 radical (unpaired) electrons. The number of alkyl halides is 1. The molecule has 0 heterocycles. The Morgan fingerprint density at radius 1 is 1.33 bits per heavy atom. The molecule has 5 heteroatoms. The van der Waals surface area contributed by atoms with Gasteiger partial charge in [0, 0.05) is 18.0 Å². The maximum atomic E-state index is 11.7. The van der Waals surface area contributed by atoms with Gasteiger partial charge in [-0.15, -0.1) is 11.6 Å². The zero-order valence-corrected chi connectivity index (χ0v) is 11.2. The van der Waals surface area contributed by atoms with Gasteiger partial charge < -0.3 is 5.32 Å². The largest absolute Gasteiger partial charge is 0.313 e. The van der Waals surface area contributed by atoms with Gasteiger partial charge in [0.2, 0.25) is 0 Å². The van der Waals surface area contributed by atoms with E-state index in [0.717, 1.165) is 12.8 Å². The molecule has 1 aliphatic rings. The Morgan fingerprint density at radius 3 is 2.27 bits per heavy atom. The molecule has 0 aromatic heterocycles. The number of hydrogen-bond acceptors (Lipinski definition) is 3. The van der Waals surface area contributed by atoms with Crippen LogP contribution < -0.4 is 5.32 Å². The average Bonchev–Trinajstić information content (AvgIpc) is 1.98. The third-order valence-corrected chi connectivity index (χ3v) is 5.78. The van der Waals surface area contributed by atoms with Crippen LogP contribution in [-0.2, 0) is 9.84 Å². The van der Waals surface area contributed by atoms with Gasteiger partial charge in [0.1, 0.15) is 0 Å². The van der Waals surface area contributed by atoms with Gasteiger partial charge in [-0.05, 0) is 33.6 Å². The lowest BCUT2D eigenvalue weighted by atomic mass is 9.92. The molecule has 0 aromatic carbocycles. The van der Waals surface area contributed by atoms with Gasteiger partial charge in [0.15, 0.2) is 9.84 Å². The summed E-state index contributed by atoms with van der Waals surface area (Å²) in [6, 6.07) is 0.419. The van der Waals surface area contributed by atoms with Gasteiger partial charge >= 0.3 is 0 Å². The molecule has 0 aliphatic heterocycles. The highest BCUT2D eigenvalue weighted by molar-refractivity contribution is 7.92. The Morgan fingerprint density at radius 2 is 1.87 bits per heavy atom.